The van der Waals surface area contributed by atoms with E-state index in [0.29, 0.717) is 16.8 Å². The van der Waals surface area contributed by atoms with Crippen LogP contribution in [-0.2, 0) is 22.6 Å². The molecule has 0 spiro atoms. The average molecular weight is 448 g/mol. The number of carbonyl (C=O) groups is 1. The van der Waals surface area contributed by atoms with Crippen LogP contribution in [0.1, 0.15) is 29.7 Å². The lowest BCUT2D eigenvalue weighted by Crippen LogP contribution is -2.24. The molecule has 0 unspecified atom stereocenters. The first kappa shape index (κ1) is 20.6. The number of nitrogens with two attached hydrogens (primary N) is 1. The number of nitrogens with zero attached hydrogens (tertiary/aromatic N) is 2. The first-order valence-electron chi connectivity index (χ1n) is 7.46. The van der Waals surface area contributed by atoms with Gasteiger partial charge in [0.15, 0.2) is 5.69 Å². The van der Waals surface area contributed by atoms with Crippen LogP contribution in [0.15, 0.2) is 12.1 Å². The summed E-state index contributed by atoms with van der Waals surface area (Å²) >= 11 is 11.6. The molecule has 1 aromatic carbocycles. The molecule has 3 N–H and O–H groups in total. The summed E-state index contributed by atoms with van der Waals surface area (Å²) in [5.41, 5.74) is -0.190. The molecule has 1 aromatic heterocycles. The molecule has 0 radical (unpaired) electrons. The molecular weight excluding hydrogens is 439 g/mol. The van der Waals surface area contributed by atoms with E-state index in [2.05, 4.69) is 5.10 Å². The Labute approximate surface area is 162 Å². The SMILES string of the molecule is Nc1c(C2(C(=O)O)CC2)c(C(F)(F)F)nn1-c1c(Cl)cc(C(F)(F)F)cc1Cl. The first-order chi connectivity index (χ1) is 12.7. The third-order valence-corrected chi connectivity index (χ3v) is 4.96. The lowest BCUT2D eigenvalue weighted by molar-refractivity contribution is -0.144. The predicted octanol–water partition coefficient (Wildman–Crippen LogP) is 4.92. The van der Waals surface area contributed by atoms with Gasteiger partial charge in [-0.3, -0.25) is 4.79 Å². The highest BCUT2D eigenvalue weighted by atomic mass is 35.5. The molecule has 1 aliphatic rings. The smallest absolute Gasteiger partial charge is 0.435 e. The molecule has 5 nitrogen and oxygen atoms in total. The van der Waals surface area contributed by atoms with Crippen molar-refractivity contribution in [3.05, 3.63) is 39.0 Å². The maximum Gasteiger partial charge on any atom is 0.435 e. The number of aliphatic carboxylic acids is 1. The van der Waals surface area contributed by atoms with Crippen molar-refractivity contribution >= 4 is 35.0 Å². The third kappa shape index (κ3) is 3.16. The minimum Gasteiger partial charge on any atom is -0.481 e. The Kier molecular flexibility index (Phi) is 4.54. The Morgan fingerprint density at radius 2 is 1.61 bits per heavy atom. The molecule has 0 bridgehead atoms. The molecule has 3 rings (SSSR count). The Bertz CT molecular complexity index is 956. The second-order valence-electron chi connectivity index (χ2n) is 6.19. The van der Waals surface area contributed by atoms with Gasteiger partial charge in [0.1, 0.15) is 11.5 Å². The van der Waals surface area contributed by atoms with E-state index in [1.165, 1.54) is 0 Å². The van der Waals surface area contributed by atoms with Gasteiger partial charge in [0.2, 0.25) is 0 Å². The van der Waals surface area contributed by atoms with Crippen molar-refractivity contribution in [1.82, 2.24) is 9.78 Å². The van der Waals surface area contributed by atoms with Gasteiger partial charge in [-0.25, -0.2) is 4.68 Å². The molecule has 28 heavy (non-hydrogen) atoms. The number of halogens is 8. The largest absolute Gasteiger partial charge is 0.481 e. The number of benzene rings is 1. The zero-order valence-electron chi connectivity index (χ0n) is 13.4. The van der Waals surface area contributed by atoms with Gasteiger partial charge in [0, 0.05) is 5.56 Å². The molecule has 0 atom stereocenters. The predicted molar refractivity (Wildman–Crippen MR) is 86.5 cm³/mol. The lowest BCUT2D eigenvalue weighted by Gasteiger charge is -2.14. The molecule has 0 saturated heterocycles. The monoisotopic (exact) mass is 447 g/mol. The second-order valence-corrected chi connectivity index (χ2v) is 7.01. The van der Waals surface area contributed by atoms with Gasteiger partial charge in [-0.05, 0) is 25.0 Å². The highest BCUT2D eigenvalue weighted by Crippen LogP contribution is 2.54. The summed E-state index contributed by atoms with van der Waals surface area (Å²) < 4.78 is 79.4. The van der Waals surface area contributed by atoms with Gasteiger partial charge in [-0.2, -0.15) is 31.4 Å². The van der Waals surface area contributed by atoms with Gasteiger partial charge >= 0.3 is 18.3 Å². The van der Waals surface area contributed by atoms with E-state index in [-0.39, 0.29) is 12.8 Å². The summed E-state index contributed by atoms with van der Waals surface area (Å²) in [4.78, 5) is 11.5. The maximum absolute atomic E-state index is 13.5. The normalized spacial score (nSPS) is 16.3. The number of alkyl halides is 6. The fourth-order valence-corrected chi connectivity index (χ4v) is 3.55. The maximum atomic E-state index is 13.5. The quantitative estimate of drug-likeness (QED) is 0.654. The standard InChI is InChI=1S/C15H9Cl2F6N3O2/c16-6-3-5(14(18,19)20)4-7(17)9(6)26-11(24)8(10(25-26)15(21,22)23)13(1-2-13)12(27)28/h3-4H,1-2,24H2,(H,27,28). The Morgan fingerprint density at radius 1 is 1.11 bits per heavy atom. The van der Waals surface area contributed by atoms with Crippen LogP contribution in [0.2, 0.25) is 10.0 Å². The van der Waals surface area contributed by atoms with Crippen molar-refractivity contribution in [2.45, 2.75) is 30.6 Å². The van der Waals surface area contributed by atoms with Gasteiger partial charge < -0.3 is 10.8 Å². The lowest BCUT2D eigenvalue weighted by atomic mass is 9.95. The summed E-state index contributed by atoms with van der Waals surface area (Å²) in [7, 11) is 0. The minimum absolute atomic E-state index is 0.101. The van der Waals surface area contributed by atoms with Crippen molar-refractivity contribution in [3.8, 4) is 5.69 Å². The Balaban J connectivity index is 2.28. The number of rotatable bonds is 3. The number of nitrogen functional groups attached to an aromatic ring is 1. The van der Waals surface area contributed by atoms with Crippen molar-refractivity contribution < 1.29 is 36.2 Å². The summed E-state index contributed by atoms with van der Waals surface area (Å²) in [6.07, 6.45) is -10.1. The number of hydrogen-bond donors (Lipinski definition) is 2. The van der Waals surface area contributed by atoms with Gasteiger partial charge in [-0.15, -0.1) is 0 Å². The molecular formula is C15H9Cl2F6N3O2. The molecule has 1 heterocycles. The van der Waals surface area contributed by atoms with Gasteiger partial charge in [0.05, 0.1) is 21.0 Å². The molecule has 2 aromatic rings. The van der Waals surface area contributed by atoms with E-state index >= 15 is 0 Å². The van der Waals surface area contributed by atoms with Crippen LogP contribution < -0.4 is 5.73 Å². The number of anilines is 1. The summed E-state index contributed by atoms with van der Waals surface area (Å²) in [6, 6.07) is 0.918. The van der Waals surface area contributed by atoms with Crippen LogP contribution in [-0.4, -0.2) is 20.9 Å². The van der Waals surface area contributed by atoms with E-state index in [1.54, 1.807) is 0 Å². The zero-order valence-corrected chi connectivity index (χ0v) is 14.9. The Hall–Kier alpha value is -2.14. The van der Waals surface area contributed by atoms with Crippen molar-refractivity contribution in [1.29, 1.82) is 0 Å². The van der Waals surface area contributed by atoms with Crippen molar-refractivity contribution in [2.75, 3.05) is 5.73 Å². The van der Waals surface area contributed by atoms with Crippen molar-refractivity contribution in [3.63, 3.8) is 0 Å². The minimum atomic E-state index is -5.06. The van der Waals surface area contributed by atoms with Crippen molar-refractivity contribution in [2.24, 2.45) is 0 Å². The summed E-state index contributed by atoms with van der Waals surface area (Å²) in [5.74, 6) is -2.23. The number of aromatic nitrogens is 2. The van der Waals surface area contributed by atoms with E-state index in [0.717, 1.165) is 0 Å². The molecule has 1 aliphatic carbocycles. The summed E-state index contributed by atoms with van der Waals surface area (Å²) in [5, 5.41) is 11.3. The molecule has 0 amide bonds. The number of carboxylic acids is 1. The van der Waals surface area contributed by atoms with E-state index in [4.69, 9.17) is 28.9 Å². The van der Waals surface area contributed by atoms with Crippen LogP contribution in [0.5, 0.6) is 0 Å². The van der Waals surface area contributed by atoms with Crippen LogP contribution >= 0.6 is 23.2 Å². The van der Waals surface area contributed by atoms with Gasteiger partial charge in [0.25, 0.3) is 0 Å². The highest BCUT2D eigenvalue weighted by molar-refractivity contribution is 6.38. The molecule has 13 heteroatoms. The Morgan fingerprint density at radius 3 is 1.96 bits per heavy atom. The van der Waals surface area contributed by atoms with E-state index < -0.39 is 62.1 Å². The first-order valence-corrected chi connectivity index (χ1v) is 8.22. The second kappa shape index (κ2) is 6.18. The molecule has 0 aliphatic heterocycles. The number of carboxylic acid groups (broad SMARTS) is 1. The summed E-state index contributed by atoms with van der Waals surface area (Å²) in [6.45, 7) is 0. The topological polar surface area (TPSA) is 81.1 Å². The average Bonchev–Trinajstić information content (AvgIpc) is 3.25. The fraction of sp³-hybridized carbons (Fsp3) is 0.333. The van der Waals surface area contributed by atoms with Crippen LogP contribution in [0.25, 0.3) is 5.69 Å². The van der Waals surface area contributed by atoms with Crippen LogP contribution in [0.3, 0.4) is 0 Å². The molecule has 1 saturated carbocycles. The molecule has 152 valence electrons. The molecule has 1 fully saturated rings. The van der Waals surface area contributed by atoms with Crippen LogP contribution in [0, 0.1) is 0 Å². The van der Waals surface area contributed by atoms with Gasteiger partial charge in [-0.1, -0.05) is 23.2 Å². The van der Waals surface area contributed by atoms with E-state index in [9.17, 15) is 36.2 Å². The van der Waals surface area contributed by atoms with E-state index in [1.807, 2.05) is 0 Å². The number of hydrogen-bond acceptors (Lipinski definition) is 3. The van der Waals surface area contributed by atoms with Crippen LogP contribution in [0.4, 0.5) is 32.2 Å². The highest BCUT2D eigenvalue weighted by Gasteiger charge is 2.58. The fourth-order valence-electron chi connectivity index (χ4n) is 2.90. The third-order valence-electron chi connectivity index (χ3n) is 4.38. The zero-order chi connectivity index (χ0) is 21.2.